The molecular weight excluding hydrogens is 456 g/mol. The highest BCUT2D eigenvalue weighted by Crippen LogP contribution is 2.23. The summed E-state index contributed by atoms with van der Waals surface area (Å²) in [7, 11) is -3.57. The van der Waals surface area contributed by atoms with Crippen molar-refractivity contribution in [3.63, 3.8) is 0 Å². The van der Waals surface area contributed by atoms with Crippen molar-refractivity contribution in [1.29, 1.82) is 0 Å². The lowest BCUT2D eigenvalue weighted by molar-refractivity contribution is -0.114. The average molecular weight is 487 g/mol. The van der Waals surface area contributed by atoms with Gasteiger partial charge in [0.2, 0.25) is 15.9 Å². The minimum Gasteiger partial charge on any atom is -0.376 e. The van der Waals surface area contributed by atoms with E-state index in [1.54, 1.807) is 36.4 Å². The van der Waals surface area contributed by atoms with E-state index >= 15 is 0 Å². The molecule has 182 valence electrons. The Hall–Kier alpha value is -2.95. The number of carbonyl (C=O) groups is 2. The molecule has 4 rings (SSSR count). The Morgan fingerprint density at radius 3 is 2.59 bits per heavy atom. The molecule has 0 bridgehead atoms. The molecule has 0 aromatic heterocycles. The molecule has 0 spiro atoms. The number of hydrogen-bond acceptors (Lipinski definition) is 6. The Kier molecular flexibility index (Phi) is 7.81. The number of carbonyl (C=O) groups excluding carboxylic acids is 2. The van der Waals surface area contributed by atoms with Crippen molar-refractivity contribution in [2.45, 2.75) is 36.7 Å². The van der Waals surface area contributed by atoms with Crippen LogP contribution in [0.2, 0.25) is 0 Å². The van der Waals surface area contributed by atoms with Crippen LogP contribution in [0.5, 0.6) is 0 Å². The number of para-hydroxylation sites is 1. The molecule has 0 saturated carbocycles. The number of anilines is 2. The lowest BCUT2D eigenvalue weighted by atomic mass is 10.1. The summed E-state index contributed by atoms with van der Waals surface area (Å²) >= 11 is 0. The van der Waals surface area contributed by atoms with E-state index in [1.165, 1.54) is 16.4 Å². The Bertz CT molecular complexity index is 1130. The summed E-state index contributed by atoms with van der Waals surface area (Å²) in [5.41, 5.74) is 1.37. The molecule has 0 aliphatic carbocycles. The van der Waals surface area contributed by atoms with Gasteiger partial charge in [0.15, 0.2) is 0 Å². The molecule has 2 amide bonds. The summed E-state index contributed by atoms with van der Waals surface area (Å²) < 4.78 is 32.6. The van der Waals surface area contributed by atoms with Crippen molar-refractivity contribution in [2.75, 3.05) is 43.4 Å². The maximum atomic E-state index is 12.8. The highest BCUT2D eigenvalue weighted by molar-refractivity contribution is 7.89. The van der Waals surface area contributed by atoms with Gasteiger partial charge in [0.25, 0.3) is 5.91 Å². The number of ether oxygens (including phenoxy) is 1. The van der Waals surface area contributed by atoms with E-state index in [4.69, 9.17) is 4.74 Å². The zero-order valence-corrected chi connectivity index (χ0v) is 19.8. The number of nitrogens with one attached hydrogen (secondary N) is 3. The van der Waals surface area contributed by atoms with Crippen LogP contribution in [-0.2, 0) is 19.6 Å². The first-order valence-electron chi connectivity index (χ1n) is 11.6. The summed E-state index contributed by atoms with van der Waals surface area (Å²) in [6.45, 7) is 2.12. The van der Waals surface area contributed by atoms with E-state index in [1.807, 2.05) is 0 Å². The molecular formula is C24H30N4O5S. The lowest BCUT2D eigenvalue weighted by Gasteiger charge is -2.16. The van der Waals surface area contributed by atoms with Crippen molar-refractivity contribution in [3.8, 4) is 0 Å². The zero-order chi connectivity index (χ0) is 24.0. The van der Waals surface area contributed by atoms with E-state index in [9.17, 15) is 18.0 Å². The predicted molar refractivity (Wildman–Crippen MR) is 129 cm³/mol. The van der Waals surface area contributed by atoms with Crippen LogP contribution in [0, 0.1) is 0 Å². The second-order valence-corrected chi connectivity index (χ2v) is 10.4. The SMILES string of the molecule is O=C(CNc1ccccc1C(=O)NCC1CCCO1)Nc1cccc(S(=O)(=O)N2CCCC2)c1. The van der Waals surface area contributed by atoms with Gasteiger partial charge in [0.05, 0.1) is 23.1 Å². The van der Waals surface area contributed by atoms with Crippen LogP contribution in [0.4, 0.5) is 11.4 Å². The van der Waals surface area contributed by atoms with Crippen LogP contribution in [0.3, 0.4) is 0 Å². The molecule has 2 saturated heterocycles. The summed E-state index contributed by atoms with van der Waals surface area (Å²) in [5, 5.41) is 8.61. The monoisotopic (exact) mass is 486 g/mol. The van der Waals surface area contributed by atoms with Crippen molar-refractivity contribution >= 4 is 33.2 Å². The van der Waals surface area contributed by atoms with Gasteiger partial charge in [-0.1, -0.05) is 18.2 Å². The van der Waals surface area contributed by atoms with Gasteiger partial charge in [-0.25, -0.2) is 8.42 Å². The normalized spacial score (nSPS) is 18.5. The molecule has 2 aliphatic rings. The highest BCUT2D eigenvalue weighted by Gasteiger charge is 2.27. The number of sulfonamides is 1. The van der Waals surface area contributed by atoms with Crippen LogP contribution in [0.15, 0.2) is 53.4 Å². The molecule has 2 aliphatic heterocycles. The maximum Gasteiger partial charge on any atom is 0.253 e. The summed E-state index contributed by atoms with van der Waals surface area (Å²) in [6, 6.07) is 13.2. The van der Waals surface area contributed by atoms with E-state index in [2.05, 4.69) is 16.0 Å². The standard InChI is InChI=1S/C24H30N4O5S/c29-23(27-18-7-5-9-20(15-18)34(31,32)28-12-3-4-13-28)17-25-22-11-2-1-10-21(22)24(30)26-16-19-8-6-14-33-19/h1-2,5,7,9-11,15,19,25H,3-4,6,8,12-14,16-17H2,(H,26,30)(H,27,29). The predicted octanol–water partition coefficient (Wildman–Crippen LogP) is 2.43. The van der Waals surface area contributed by atoms with E-state index in [-0.39, 0.29) is 29.4 Å². The summed E-state index contributed by atoms with van der Waals surface area (Å²) in [4.78, 5) is 25.3. The first-order chi connectivity index (χ1) is 16.4. The first kappa shape index (κ1) is 24.2. The fourth-order valence-corrected chi connectivity index (χ4v) is 5.70. The number of nitrogens with zero attached hydrogens (tertiary/aromatic N) is 1. The molecule has 1 unspecified atom stereocenters. The second-order valence-electron chi connectivity index (χ2n) is 8.43. The number of benzene rings is 2. The van der Waals surface area contributed by atoms with Gasteiger partial charge in [-0.05, 0) is 56.0 Å². The van der Waals surface area contributed by atoms with Crippen LogP contribution in [0.1, 0.15) is 36.0 Å². The van der Waals surface area contributed by atoms with Gasteiger partial charge < -0.3 is 20.7 Å². The topological polar surface area (TPSA) is 117 Å². The van der Waals surface area contributed by atoms with Crippen molar-refractivity contribution in [3.05, 3.63) is 54.1 Å². The fourth-order valence-electron chi connectivity index (χ4n) is 4.13. The fraction of sp³-hybridized carbons (Fsp3) is 0.417. The number of hydrogen-bond donors (Lipinski definition) is 3. The van der Waals surface area contributed by atoms with Crippen molar-refractivity contribution < 1.29 is 22.7 Å². The molecule has 1 atom stereocenters. The summed E-state index contributed by atoms with van der Waals surface area (Å²) in [5.74, 6) is -0.593. The molecule has 3 N–H and O–H groups in total. The Balaban J connectivity index is 1.34. The highest BCUT2D eigenvalue weighted by atomic mass is 32.2. The molecule has 9 nitrogen and oxygen atoms in total. The Morgan fingerprint density at radius 2 is 1.82 bits per heavy atom. The second kappa shape index (κ2) is 11.0. The molecule has 0 radical (unpaired) electrons. The van der Waals surface area contributed by atoms with Gasteiger partial charge in [0.1, 0.15) is 0 Å². The summed E-state index contributed by atoms with van der Waals surface area (Å²) in [6.07, 6.45) is 3.69. The van der Waals surface area contributed by atoms with Crippen molar-refractivity contribution in [1.82, 2.24) is 9.62 Å². The third-order valence-corrected chi connectivity index (χ3v) is 7.84. The number of rotatable bonds is 9. The van der Waals surface area contributed by atoms with E-state index in [0.717, 1.165) is 32.3 Å². The quantitative estimate of drug-likeness (QED) is 0.501. The Morgan fingerprint density at radius 1 is 1.03 bits per heavy atom. The zero-order valence-electron chi connectivity index (χ0n) is 19.0. The Labute approximate surface area is 199 Å². The molecule has 2 heterocycles. The first-order valence-corrected chi connectivity index (χ1v) is 13.0. The van der Waals surface area contributed by atoms with E-state index in [0.29, 0.717) is 36.6 Å². The lowest BCUT2D eigenvalue weighted by Crippen LogP contribution is -2.32. The molecule has 10 heteroatoms. The van der Waals surface area contributed by atoms with Gasteiger partial charge in [0, 0.05) is 37.6 Å². The molecule has 2 aromatic carbocycles. The van der Waals surface area contributed by atoms with Crippen molar-refractivity contribution in [2.24, 2.45) is 0 Å². The molecule has 2 fully saturated rings. The largest absolute Gasteiger partial charge is 0.376 e. The van der Waals surface area contributed by atoms with Crippen LogP contribution in [0.25, 0.3) is 0 Å². The minimum absolute atomic E-state index is 0.0416. The van der Waals surface area contributed by atoms with Crippen LogP contribution in [-0.4, -0.2) is 63.4 Å². The third kappa shape index (κ3) is 5.94. The minimum atomic E-state index is -3.57. The molecule has 2 aromatic rings. The van der Waals surface area contributed by atoms with Crippen LogP contribution < -0.4 is 16.0 Å². The average Bonchev–Trinajstić information content (AvgIpc) is 3.56. The third-order valence-electron chi connectivity index (χ3n) is 5.95. The maximum absolute atomic E-state index is 12.8. The van der Waals surface area contributed by atoms with Gasteiger partial charge in [-0.2, -0.15) is 4.31 Å². The van der Waals surface area contributed by atoms with Gasteiger partial charge >= 0.3 is 0 Å². The van der Waals surface area contributed by atoms with E-state index < -0.39 is 10.0 Å². The van der Waals surface area contributed by atoms with Crippen LogP contribution >= 0.6 is 0 Å². The van der Waals surface area contributed by atoms with Gasteiger partial charge in [-0.3, -0.25) is 9.59 Å². The van der Waals surface area contributed by atoms with Gasteiger partial charge in [-0.15, -0.1) is 0 Å². The number of amides is 2. The molecule has 34 heavy (non-hydrogen) atoms. The smallest absolute Gasteiger partial charge is 0.253 e.